The molecule has 1 saturated heterocycles. The van der Waals surface area contributed by atoms with Crippen molar-refractivity contribution in [2.75, 3.05) is 20.7 Å². The van der Waals surface area contributed by atoms with Crippen LogP contribution in [0.2, 0.25) is 36.3 Å². The number of hydrogen-bond acceptors (Lipinski definition) is 10. The monoisotopic (exact) mass is 674 g/mol. The van der Waals surface area contributed by atoms with Gasteiger partial charge in [-0.05, 0) is 43.2 Å². The SMILES string of the molecule is Cc1cn([C@@H]2O[C@H](CO[Si](C)(C)C(C)(C)C)[C@@]3(OS(=O)(=O)C=C3N)[C@H]2O[Si](C)(C)C(C)(C)C)c(=O)n(CC(=O)N(C)C)c1=O. The molecule has 16 heteroatoms. The molecule has 1 amide bonds. The van der Waals surface area contributed by atoms with Gasteiger partial charge in [-0.2, -0.15) is 8.42 Å². The molecular formula is C28H50N4O9SSi2. The fourth-order valence-electron chi connectivity index (χ4n) is 4.57. The van der Waals surface area contributed by atoms with Gasteiger partial charge < -0.3 is 24.2 Å². The number of aromatic nitrogens is 2. The Hall–Kier alpha value is -2.09. The van der Waals surface area contributed by atoms with Crippen LogP contribution in [-0.4, -0.2) is 83.5 Å². The van der Waals surface area contributed by atoms with E-state index in [2.05, 4.69) is 20.8 Å². The summed E-state index contributed by atoms with van der Waals surface area (Å²) in [6.45, 7) is 21.2. The molecule has 1 aromatic rings. The van der Waals surface area contributed by atoms with Gasteiger partial charge in [0.2, 0.25) is 5.91 Å². The lowest BCUT2D eigenvalue weighted by Crippen LogP contribution is -2.59. The minimum Gasteiger partial charge on any atom is -0.414 e. The summed E-state index contributed by atoms with van der Waals surface area (Å²) in [5.41, 5.74) is 3.24. The average Bonchev–Trinajstić information content (AvgIpc) is 3.27. The zero-order valence-corrected chi connectivity index (χ0v) is 31.1. The van der Waals surface area contributed by atoms with Gasteiger partial charge in [0, 0.05) is 25.9 Å². The van der Waals surface area contributed by atoms with Crippen molar-refractivity contribution in [3.63, 3.8) is 0 Å². The standard InChI is InChI=1S/C28H50N4O9SSi2/c1-18-14-32(25(35)31(23(18)34)15-21(33)30(8)9)24-22(40-44(12,13)27(5,6)7)28(19(29)17-42(36,37)41-28)20(39-24)16-38-43(10,11)26(2,3)4/h14,17,20,22,24H,15-16,29H2,1-13H3/t20-,22+,24-,28-/m1/s1. The van der Waals surface area contributed by atoms with Crippen LogP contribution >= 0.6 is 0 Å². The highest BCUT2D eigenvalue weighted by Gasteiger charge is 2.67. The zero-order valence-electron chi connectivity index (χ0n) is 28.3. The summed E-state index contributed by atoms with van der Waals surface area (Å²) in [6.07, 6.45) is -2.30. The van der Waals surface area contributed by atoms with Crippen molar-refractivity contribution in [2.24, 2.45) is 5.73 Å². The lowest BCUT2D eigenvalue weighted by atomic mass is 9.89. The topological polar surface area (TPSA) is 161 Å². The average molecular weight is 675 g/mol. The summed E-state index contributed by atoms with van der Waals surface area (Å²) in [6, 6.07) is 0. The van der Waals surface area contributed by atoms with Gasteiger partial charge in [-0.3, -0.25) is 18.7 Å². The molecule has 2 aliphatic heterocycles. The van der Waals surface area contributed by atoms with Crippen molar-refractivity contribution in [3.05, 3.63) is 43.7 Å². The van der Waals surface area contributed by atoms with E-state index in [0.717, 1.165) is 9.98 Å². The molecule has 44 heavy (non-hydrogen) atoms. The molecule has 3 rings (SSSR count). The number of ether oxygens (including phenoxy) is 1. The van der Waals surface area contributed by atoms with Crippen molar-refractivity contribution >= 4 is 32.7 Å². The number of nitrogens with zero attached hydrogens (tertiary/aromatic N) is 3. The normalized spacial score (nSPS) is 25.8. The van der Waals surface area contributed by atoms with E-state index in [1.165, 1.54) is 36.7 Å². The molecular weight excluding hydrogens is 625 g/mol. The van der Waals surface area contributed by atoms with E-state index in [9.17, 15) is 22.8 Å². The van der Waals surface area contributed by atoms with Gasteiger partial charge in [0.25, 0.3) is 15.7 Å². The first-order valence-corrected chi connectivity index (χ1v) is 21.9. The molecule has 1 fully saturated rings. The molecule has 0 aliphatic carbocycles. The Kier molecular flexibility index (Phi) is 9.60. The number of carbonyl (C=O) groups is 1. The maximum atomic E-state index is 14.0. The molecule has 1 aromatic heterocycles. The number of aryl methyl sites for hydroxylation is 1. The van der Waals surface area contributed by atoms with Crippen LogP contribution in [-0.2, 0) is 39.2 Å². The van der Waals surface area contributed by atoms with Crippen LogP contribution in [0, 0.1) is 6.92 Å². The third-order valence-corrected chi connectivity index (χ3v) is 19.5. The second kappa shape index (κ2) is 11.6. The van der Waals surface area contributed by atoms with E-state index in [0.29, 0.717) is 0 Å². The molecule has 0 aromatic carbocycles. The summed E-state index contributed by atoms with van der Waals surface area (Å²) in [4.78, 5) is 40.9. The number of rotatable bonds is 8. The first kappa shape index (κ1) is 36.4. The van der Waals surface area contributed by atoms with Crippen LogP contribution in [0.3, 0.4) is 0 Å². The first-order valence-electron chi connectivity index (χ1n) is 14.6. The van der Waals surface area contributed by atoms with Crippen LogP contribution in [0.15, 0.2) is 26.9 Å². The maximum absolute atomic E-state index is 14.0. The Labute approximate surface area is 262 Å². The Morgan fingerprint density at radius 1 is 1.07 bits per heavy atom. The van der Waals surface area contributed by atoms with Crippen LogP contribution in [0.1, 0.15) is 53.3 Å². The predicted molar refractivity (Wildman–Crippen MR) is 173 cm³/mol. The second-order valence-electron chi connectivity index (χ2n) is 15.0. The van der Waals surface area contributed by atoms with Crippen LogP contribution in [0.25, 0.3) is 0 Å². The molecule has 0 saturated carbocycles. The summed E-state index contributed by atoms with van der Waals surface area (Å²) < 4.78 is 53.8. The Morgan fingerprint density at radius 2 is 1.61 bits per heavy atom. The Morgan fingerprint density at radius 3 is 2.07 bits per heavy atom. The van der Waals surface area contributed by atoms with Gasteiger partial charge in [-0.15, -0.1) is 0 Å². The Bertz CT molecular complexity index is 1550. The van der Waals surface area contributed by atoms with E-state index in [1.807, 2.05) is 47.0 Å². The summed E-state index contributed by atoms with van der Waals surface area (Å²) >= 11 is 0. The van der Waals surface area contributed by atoms with E-state index in [1.54, 1.807) is 0 Å². The highest BCUT2D eigenvalue weighted by atomic mass is 32.2. The smallest absolute Gasteiger partial charge is 0.333 e. The molecule has 3 heterocycles. The molecule has 2 N–H and O–H groups in total. The van der Waals surface area contributed by atoms with E-state index >= 15 is 0 Å². The number of amides is 1. The summed E-state index contributed by atoms with van der Waals surface area (Å²) in [5, 5.41) is 0.328. The molecule has 250 valence electrons. The largest absolute Gasteiger partial charge is 0.414 e. The van der Waals surface area contributed by atoms with E-state index in [4.69, 9.17) is 23.5 Å². The third kappa shape index (κ3) is 6.57. The predicted octanol–water partition coefficient (Wildman–Crippen LogP) is 2.62. The van der Waals surface area contributed by atoms with Gasteiger partial charge >= 0.3 is 5.69 Å². The summed E-state index contributed by atoms with van der Waals surface area (Å²) in [7, 11) is -6.36. The van der Waals surface area contributed by atoms with Gasteiger partial charge in [0.1, 0.15) is 18.8 Å². The molecule has 0 radical (unpaired) electrons. The lowest BCUT2D eigenvalue weighted by Gasteiger charge is -2.43. The highest BCUT2D eigenvalue weighted by molar-refractivity contribution is 7.90. The third-order valence-electron chi connectivity index (χ3n) is 9.50. The minimum atomic E-state index is -4.26. The van der Waals surface area contributed by atoms with Gasteiger partial charge in [-0.1, -0.05) is 41.5 Å². The molecule has 13 nitrogen and oxygen atoms in total. The van der Waals surface area contributed by atoms with Gasteiger partial charge in [-0.25, -0.2) is 8.98 Å². The summed E-state index contributed by atoms with van der Waals surface area (Å²) in [5.74, 6) is -0.461. The van der Waals surface area contributed by atoms with Crippen molar-refractivity contribution in [3.8, 4) is 0 Å². The fourth-order valence-corrected chi connectivity index (χ4v) is 8.08. The lowest BCUT2D eigenvalue weighted by molar-refractivity contribution is -0.129. The van der Waals surface area contributed by atoms with Crippen LogP contribution < -0.4 is 17.0 Å². The fraction of sp³-hybridized carbons (Fsp3) is 0.750. The quantitative estimate of drug-likeness (QED) is 0.321. The van der Waals surface area contributed by atoms with Crippen LogP contribution in [0.5, 0.6) is 0 Å². The van der Waals surface area contributed by atoms with Crippen molar-refractivity contribution in [1.82, 2.24) is 14.0 Å². The van der Waals surface area contributed by atoms with Crippen molar-refractivity contribution in [1.29, 1.82) is 0 Å². The molecule has 2 aliphatic rings. The number of nitrogens with two attached hydrogens (primary N) is 1. The second-order valence-corrected chi connectivity index (χ2v) is 26.0. The van der Waals surface area contributed by atoms with Crippen molar-refractivity contribution in [2.45, 2.75) is 115 Å². The first-order chi connectivity index (χ1) is 19.7. The van der Waals surface area contributed by atoms with Gasteiger partial charge in [0.05, 0.1) is 17.7 Å². The van der Waals surface area contributed by atoms with Gasteiger partial charge in [0.15, 0.2) is 28.5 Å². The van der Waals surface area contributed by atoms with E-state index < -0.39 is 74.5 Å². The number of likely N-dealkylation sites (N-methyl/N-ethyl adjacent to an activating group) is 1. The van der Waals surface area contributed by atoms with Crippen LogP contribution in [0.4, 0.5) is 0 Å². The molecule has 1 spiro atoms. The molecule has 0 bridgehead atoms. The highest BCUT2D eigenvalue weighted by Crippen LogP contribution is 2.52. The van der Waals surface area contributed by atoms with E-state index in [-0.39, 0.29) is 27.9 Å². The minimum absolute atomic E-state index is 0.0963. The zero-order chi connectivity index (χ0) is 34.0. The Balaban J connectivity index is 2.31. The van der Waals surface area contributed by atoms with Crippen molar-refractivity contribution < 1.29 is 31.0 Å². The number of hydrogen-bond donors (Lipinski definition) is 1. The molecule has 4 atom stereocenters. The maximum Gasteiger partial charge on any atom is 0.333 e. The number of carbonyl (C=O) groups excluding carboxylic acids is 1. The molecule has 0 unspecified atom stereocenters.